The van der Waals surface area contributed by atoms with Crippen LogP contribution in [0.1, 0.15) is 38.5 Å². The van der Waals surface area contributed by atoms with Gasteiger partial charge in [0.2, 0.25) is 0 Å². The van der Waals surface area contributed by atoms with Gasteiger partial charge in [-0.2, -0.15) is 0 Å². The van der Waals surface area contributed by atoms with Gasteiger partial charge in [-0.3, -0.25) is 0 Å². The van der Waals surface area contributed by atoms with Crippen LogP contribution in [0.3, 0.4) is 0 Å². The molecule has 4 fully saturated rings. The van der Waals surface area contributed by atoms with Crippen molar-refractivity contribution in [1.29, 1.82) is 0 Å². The molecule has 0 saturated heterocycles. The molecule has 0 radical (unpaired) electrons. The van der Waals surface area contributed by atoms with E-state index in [4.69, 9.17) is 0 Å². The van der Waals surface area contributed by atoms with E-state index in [0.717, 1.165) is 32.1 Å². The highest BCUT2D eigenvalue weighted by Gasteiger charge is 2.63. The highest BCUT2D eigenvalue weighted by Crippen LogP contribution is 2.65. The third kappa shape index (κ3) is 1.90. The molecule has 4 aliphatic carbocycles. The Hall–Kier alpha value is -0.160. The SMILES string of the molecule is OCC1CC2CC1CC2C(O)C12CCC(C1)C(CO)C2CO. The lowest BCUT2D eigenvalue weighted by atomic mass is 9.62. The van der Waals surface area contributed by atoms with E-state index >= 15 is 0 Å². The van der Waals surface area contributed by atoms with Crippen molar-refractivity contribution in [1.82, 2.24) is 0 Å². The van der Waals surface area contributed by atoms with Crippen LogP contribution in [0.15, 0.2) is 0 Å². The predicted molar refractivity (Wildman–Crippen MR) is 81.8 cm³/mol. The minimum absolute atomic E-state index is 0.0685. The number of aliphatic hydroxyl groups excluding tert-OH is 4. The van der Waals surface area contributed by atoms with Gasteiger partial charge < -0.3 is 20.4 Å². The average molecular weight is 310 g/mol. The van der Waals surface area contributed by atoms with E-state index in [0.29, 0.717) is 36.2 Å². The van der Waals surface area contributed by atoms with Crippen LogP contribution in [-0.4, -0.2) is 46.4 Å². The Bertz CT molecular complexity index is 427. The van der Waals surface area contributed by atoms with Gasteiger partial charge in [0, 0.05) is 25.2 Å². The van der Waals surface area contributed by atoms with Crippen LogP contribution >= 0.6 is 0 Å². The normalized spacial score (nSPS) is 54.3. The molecule has 4 heteroatoms. The van der Waals surface area contributed by atoms with E-state index in [1.165, 1.54) is 6.42 Å². The minimum Gasteiger partial charge on any atom is -0.396 e. The van der Waals surface area contributed by atoms with E-state index in [1.807, 2.05) is 0 Å². The molecule has 4 saturated carbocycles. The summed E-state index contributed by atoms with van der Waals surface area (Å²) in [6.45, 7) is 0.537. The van der Waals surface area contributed by atoms with Crippen molar-refractivity contribution in [3.63, 3.8) is 0 Å². The molecule has 0 aromatic heterocycles. The van der Waals surface area contributed by atoms with Crippen molar-refractivity contribution in [2.45, 2.75) is 44.6 Å². The Balaban J connectivity index is 1.54. The fraction of sp³-hybridized carbons (Fsp3) is 1.00. The molecule has 22 heavy (non-hydrogen) atoms. The number of hydrogen-bond acceptors (Lipinski definition) is 4. The number of rotatable bonds is 5. The predicted octanol–water partition coefficient (Wildman–Crippen LogP) is 1.02. The molecule has 4 nitrogen and oxygen atoms in total. The number of hydrogen-bond donors (Lipinski definition) is 4. The molecule has 4 N–H and O–H groups in total. The Morgan fingerprint density at radius 3 is 2.32 bits per heavy atom. The quantitative estimate of drug-likeness (QED) is 0.611. The van der Waals surface area contributed by atoms with E-state index in [9.17, 15) is 20.4 Å². The molecule has 0 aliphatic heterocycles. The molecule has 9 unspecified atom stereocenters. The van der Waals surface area contributed by atoms with Crippen LogP contribution in [0.2, 0.25) is 0 Å². The summed E-state index contributed by atoms with van der Waals surface area (Å²) < 4.78 is 0. The van der Waals surface area contributed by atoms with Gasteiger partial charge in [0.25, 0.3) is 0 Å². The first-order valence-corrected chi connectivity index (χ1v) is 9.15. The molecule has 0 aromatic rings. The zero-order valence-electron chi connectivity index (χ0n) is 13.3. The second kappa shape index (κ2) is 5.44. The molecule has 4 rings (SSSR count). The molecule has 9 atom stereocenters. The molecule has 4 aliphatic rings. The summed E-state index contributed by atoms with van der Waals surface area (Å²) in [5, 5.41) is 40.3. The highest BCUT2D eigenvalue weighted by atomic mass is 16.3. The number of aliphatic hydroxyl groups is 4. The van der Waals surface area contributed by atoms with Gasteiger partial charge in [0.15, 0.2) is 0 Å². The summed E-state index contributed by atoms with van der Waals surface area (Å²) in [5.41, 5.74) is -0.156. The summed E-state index contributed by atoms with van der Waals surface area (Å²) in [6, 6.07) is 0. The smallest absolute Gasteiger partial charge is 0.0631 e. The van der Waals surface area contributed by atoms with Crippen LogP contribution < -0.4 is 0 Å². The van der Waals surface area contributed by atoms with E-state index in [-0.39, 0.29) is 36.6 Å². The summed E-state index contributed by atoms with van der Waals surface area (Å²) >= 11 is 0. The Labute approximate surface area is 132 Å². The molecule has 4 bridgehead atoms. The zero-order valence-corrected chi connectivity index (χ0v) is 13.3. The molecular weight excluding hydrogens is 280 g/mol. The molecule has 0 amide bonds. The third-order valence-electron chi connectivity index (χ3n) is 8.18. The topological polar surface area (TPSA) is 80.9 Å². The minimum atomic E-state index is -0.333. The van der Waals surface area contributed by atoms with Crippen LogP contribution in [0, 0.1) is 46.8 Å². The lowest BCUT2D eigenvalue weighted by molar-refractivity contribution is -0.0881. The second-order valence-corrected chi connectivity index (χ2v) is 8.65. The summed E-state index contributed by atoms with van der Waals surface area (Å²) in [6.07, 6.45) is 6.04. The van der Waals surface area contributed by atoms with Crippen molar-refractivity contribution < 1.29 is 20.4 Å². The van der Waals surface area contributed by atoms with Gasteiger partial charge in [-0.1, -0.05) is 0 Å². The summed E-state index contributed by atoms with van der Waals surface area (Å²) in [4.78, 5) is 0. The van der Waals surface area contributed by atoms with Crippen molar-refractivity contribution in [3.8, 4) is 0 Å². The van der Waals surface area contributed by atoms with Gasteiger partial charge in [-0.15, -0.1) is 0 Å². The van der Waals surface area contributed by atoms with Gasteiger partial charge in [0.05, 0.1) is 6.10 Å². The summed E-state index contributed by atoms with van der Waals surface area (Å²) in [7, 11) is 0. The zero-order chi connectivity index (χ0) is 15.5. The maximum Gasteiger partial charge on any atom is 0.0631 e. The largest absolute Gasteiger partial charge is 0.396 e. The van der Waals surface area contributed by atoms with E-state index < -0.39 is 0 Å². The monoisotopic (exact) mass is 310 g/mol. The molecular formula is C18H30O4. The first-order valence-electron chi connectivity index (χ1n) is 9.15. The molecule has 0 spiro atoms. The molecule has 0 heterocycles. The Kier molecular flexibility index (Phi) is 3.80. The van der Waals surface area contributed by atoms with Crippen LogP contribution in [0.4, 0.5) is 0 Å². The first kappa shape index (κ1) is 15.4. The van der Waals surface area contributed by atoms with Crippen molar-refractivity contribution in [3.05, 3.63) is 0 Å². The van der Waals surface area contributed by atoms with Crippen molar-refractivity contribution >= 4 is 0 Å². The van der Waals surface area contributed by atoms with Crippen molar-refractivity contribution in [2.24, 2.45) is 46.8 Å². The van der Waals surface area contributed by atoms with Crippen LogP contribution in [0.25, 0.3) is 0 Å². The lowest BCUT2D eigenvalue weighted by Gasteiger charge is -2.45. The third-order valence-corrected chi connectivity index (χ3v) is 8.18. The van der Waals surface area contributed by atoms with Gasteiger partial charge in [-0.05, 0) is 80.0 Å². The Morgan fingerprint density at radius 2 is 1.73 bits per heavy atom. The van der Waals surface area contributed by atoms with E-state index in [2.05, 4.69) is 0 Å². The highest BCUT2D eigenvalue weighted by molar-refractivity contribution is 5.12. The van der Waals surface area contributed by atoms with E-state index in [1.54, 1.807) is 0 Å². The molecule has 126 valence electrons. The van der Waals surface area contributed by atoms with Crippen molar-refractivity contribution in [2.75, 3.05) is 19.8 Å². The van der Waals surface area contributed by atoms with Gasteiger partial charge in [0.1, 0.15) is 0 Å². The first-order chi connectivity index (χ1) is 10.6. The number of fused-ring (bicyclic) bond motifs is 4. The fourth-order valence-corrected chi connectivity index (χ4v) is 7.16. The average Bonchev–Trinajstić information content (AvgIpc) is 3.29. The maximum absolute atomic E-state index is 11.3. The fourth-order valence-electron chi connectivity index (χ4n) is 7.16. The van der Waals surface area contributed by atoms with Gasteiger partial charge in [-0.25, -0.2) is 0 Å². The van der Waals surface area contributed by atoms with Gasteiger partial charge >= 0.3 is 0 Å². The standard InChI is InChI=1S/C18H30O4/c19-7-13-4-12-3-11(13)5-14(12)17(22)18-2-1-10(6-18)15(8-20)16(18)9-21/h10-17,19-22H,1-9H2. The van der Waals surface area contributed by atoms with Crippen LogP contribution in [-0.2, 0) is 0 Å². The summed E-state index contributed by atoms with van der Waals surface area (Å²) in [5.74, 6) is 2.67. The maximum atomic E-state index is 11.3. The Morgan fingerprint density at radius 1 is 0.909 bits per heavy atom. The lowest BCUT2D eigenvalue weighted by Crippen LogP contribution is -2.48. The van der Waals surface area contributed by atoms with Crippen LogP contribution in [0.5, 0.6) is 0 Å². The molecule has 0 aromatic carbocycles. The second-order valence-electron chi connectivity index (χ2n) is 8.65.